The average molecular weight is 374 g/mol. The number of aliphatic imine (C=N–C) groups is 1. The quantitative estimate of drug-likeness (QED) is 0.875. The van der Waals surface area contributed by atoms with Crippen LogP contribution in [0.1, 0.15) is 16.7 Å². The third kappa shape index (κ3) is 2.16. The molecule has 1 spiro atoms. The number of rotatable bonds is 2. The molecule has 0 saturated carbocycles. The summed E-state index contributed by atoms with van der Waals surface area (Å²) >= 11 is 0. The second kappa shape index (κ2) is 5.32. The molecule has 140 valence electrons. The zero-order valence-electron chi connectivity index (χ0n) is 14.4. The third-order valence-corrected chi connectivity index (χ3v) is 5.24. The third-order valence-electron chi connectivity index (χ3n) is 5.24. The second-order valence-corrected chi connectivity index (χ2v) is 6.86. The molecule has 0 aromatic heterocycles. The van der Waals surface area contributed by atoms with Crippen molar-refractivity contribution in [2.75, 3.05) is 26.9 Å². The highest BCUT2D eigenvalue weighted by Gasteiger charge is 2.50. The summed E-state index contributed by atoms with van der Waals surface area (Å²) in [6.07, 6.45) is 0. The molecule has 8 heteroatoms. The summed E-state index contributed by atoms with van der Waals surface area (Å²) in [6, 6.07) is 7.80. The molecule has 0 amide bonds. The topological polar surface area (TPSA) is 75.3 Å². The Labute approximate surface area is 153 Å². The maximum Gasteiger partial charge on any atom is 0.283 e. The minimum atomic E-state index is -1.74. The number of ether oxygens (including phenoxy) is 4. The highest BCUT2D eigenvalue weighted by molar-refractivity contribution is 5.77. The Morgan fingerprint density at radius 1 is 1.15 bits per heavy atom. The first kappa shape index (κ1) is 16.3. The smallest absolute Gasteiger partial charge is 0.283 e. The van der Waals surface area contributed by atoms with Crippen LogP contribution in [0.25, 0.3) is 0 Å². The van der Waals surface area contributed by atoms with Gasteiger partial charge in [-0.3, -0.25) is 0 Å². The Bertz CT molecular complexity index is 990. The number of fused-ring (bicyclic) bond motifs is 4. The van der Waals surface area contributed by atoms with Gasteiger partial charge in [0.2, 0.25) is 0 Å². The Morgan fingerprint density at radius 2 is 1.96 bits per heavy atom. The SMILES string of the molecule is COc1ccc2c(c1)[C@@]1(COC(N)=N1)c1cc(C3(F)COC3)cc(F)c1O2. The van der Waals surface area contributed by atoms with Gasteiger partial charge >= 0.3 is 0 Å². The zero-order valence-corrected chi connectivity index (χ0v) is 14.4. The fourth-order valence-corrected chi connectivity index (χ4v) is 3.72. The molecule has 2 aromatic rings. The van der Waals surface area contributed by atoms with Gasteiger partial charge in [0, 0.05) is 11.1 Å². The van der Waals surface area contributed by atoms with E-state index >= 15 is 0 Å². The zero-order chi connectivity index (χ0) is 18.8. The number of methoxy groups -OCH3 is 1. The summed E-state index contributed by atoms with van der Waals surface area (Å²) in [4.78, 5) is 4.46. The van der Waals surface area contributed by atoms with Crippen LogP contribution in [0, 0.1) is 5.82 Å². The lowest BCUT2D eigenvalue weighted by Gasteiger charge is -2.37. The van der Waals surface area contributed by atoms with E-state index in [0.29, 0.717) is 22.6 Å². The van der Waals surface area contributed by atoms with E-state index in [1.165, 1.54) is 7.11 Å². The molecule has 1 saturated heterocycles. The van der Waals surface area contributed by atoms with Gasteiger partial charge in [-0.1, -0.05) is 0 Å². The van der Waals surface area contributed by atoms with Crippen LogP contribution < -0.4 is 15.2 Å². The molecule has 1 atom stereocenters. The number of nitrogens with zero attached hydrogens (tertiary/aromatic N) is 1. The van der Waals surface area contributed by atoms with E-state index in [9.17, 15) is 8.78 Å². The van der Waals surface area contributed by atoms with E-state index in [2.05, 4.69) is 4.99 Å². The van der Waals surface area contributed by atoms with E-state index in [4.69, 9.17) is 24.7 Å². The Kier molecular flexibility index (Phi) is 3.22. The standard InChI is InChI=1S/C19H16F2N2O4/c1-24-11-2-3-15-12(6-11)19(9-26-17(22)23-19)13-4-10(18(21)7-25-8-18)5-14(20)16(13)27-15/h2-6H,7-9H2,1H3,(H2,22,23)/t19-/m0/s1. The van der Waals surface area contributed by atoms with Crippen LogP contribution in [0.5, 0.6) is 17.2 Å². The summed E-state index contributed by atoms with van der Waals surface area (Å²) in [5.41, 5.74) is 4.08. The van der Waals surface area contributed by atoms with Gasteiger partial charge in [-0.25, -0.2) is 13.8 Å². The van der Waals surface area contributed by atoms with Gasteiger partial charge in [0.25, 0.3) is 6.02 Å². The van der Waals surface area contributed by atoms with Crippen molar-refractivity contribution < 1.29 is 27.7 Å². The number of benzene rings is 2. The fourth-order valence-electron chi connectivity index (χ4n) is 3.72. The molecular formula is C19H16F2N2O4. The van der Waals surface area contributed by atoms with Crippen molar-refractivity contribution >= 4 is 6.02 Å². The maximum absolute atomic E-state index is 14.9. The van der Waals surface area contributed by atoms with Crippen molar-refractivity contribution in [3.8, 4) is 17.2 Å². The molecule has 0 bridgehead atoms. The lowest BCUT2D eigenvalue weighted by atomic mass is 9.79. The average Bonchev–Trinajstić information content (AvgIpc) is 3.03. The molecule has 6 nitrogen and oxygen atoms in total. The molecule has 3 aliphatic rings. The van der Waals surface area contributed by atoms with Crippen LogP contribution in [0.3, 0.4) is 0 Å². The van der Waals surface area contributed by atoms with Gasteiger partial charge in [-0.2, -0.15) is 0 Å². The lowest BCUT2D eigenvalue weighted by Crippen LogP contribution is -2.43. The van der Waals surface area contributed by atoms with E-state index in [0.717, 1.165) is 6.07 Å². The predicted octanol–water partition coefficient (Wildman–Crippen LogP) is 2.72. The van der Waals surface area contributed by atoms with Crippen molar-refractivity contribution in [3.63, 3.8) is 0 Å². The predicted molar refractivity (Wildman–Crippen MR) is 91.4 cm³/mol. The number of hydrogen-bond donors (Lipinski definition) is 1. The minimum absolute atomic E-state index is 0.0118. The highest BCUT2D eigenvalue weighted by atomic mass is 19.1. The molecular weight excluding hydrogens is 358 g/mol. The summed E-state index contributed by atoms with van der Waals surface area (Å²) in [5, 5.41) is 0. The molecule has 0 unspecified atom stereocenters. The van der Waals surface area contributed by atoms with Crippen molar-refractivity contribution in [2.24, 2.45) is 10.7 Å². The molecule has 3 aliphatic heterocycles. The summed E-state index contributed by atoms with van der Waals surface area (Å²) < 4.78 is 51.3. The van der Waals surface area contributed by atoms with Gasteiger partial charge < -0.3 is 24.7 Å². The van der Waals surface area contributed by atoms with E-state index < -0.39 is 17.0 Å². The van der Waals surface area contributed by atoms with Gasteiger partial charge in [0.15, 0.2) is 22.8 Å². The van der Waals surface area contributed by atoms with Crippen molar-refractivity contribution in [3.05, 3.63) is 52.8 Å². The number of hydrogen-bond acceptors (Lipinski definition) is 6. The molecule has 27 heavy (non-hydrogen) atoms. The van der Waals surface area contributed by atoms with Crippen LogP contribution in [-0.4, -0.2) is 33.0 Å². The number of halogens is 2. The number of nitrogens with two attached hydrogens (primary N) is 1. The summed E-state index contributed by atoms with van der Waals surface area (Å²) in [7, 11) is 1.54. The van der Waals surface area contributed by atoms with Crippen LogP contribution in [0.2, 0.25) is 0 Å². The molecule has 3 heterocycles. The Balaban J connectivity index is 1.77. The van der Waals surface area contributed by atoms with Gasteiger partial charge in [-0.05, 0) is 35.9 Å². The van der Waals surface area contributed by atoms with Gasteiger partial charge in [-0.15, -0.1) is 0 Å². The second-order valence-electron chi connectivity index (χ2n) is 6.86. The molecule has 2 aromatic carbocycles. The molecule has 5 rings (SSSR count). The number of amidine groups is 1. The van der Waals surface area contributed by atoms with Crippen molar-refractivity contribution in [2.45, 2.75) is 11.2 Å². The Morgan fingerprint density at radius 3 is 2.59 bits per heavy atom. The van der Waals surface area contributed by atoms with Gasteiger partial charge in [0.05, 0.1) is 20.3 Å². The maximum atomic E-state index is 14.9. The molecule has 0 radical (unpaired) electrons. The molecule has 1 fully saturated rings. The largest absolute Gasteiger partial charge is 0.497 e. The fraction of sp³-hybridized carbons (Fsp3) is 0.316. The lowest BCUT2D eigenvalue weighted by molar-refractivity contribution is -0.135. The first-order valence-corrected chi connectivity index (χ1v) is 8.41. The van der Waals surface area contributed by atoms with E-state index in [1.54, 1.807) is 24.3 Å². The highest BCUT2D eigenvalue weighted by Crippen LogP contribution is 2.53. The van der Waals surface area contributed by atoms with E-state index in [1.807, 2.05) is 0 Å². The molecule has 0 aliphatic carbocycles. The van der Waals surface area contributed by atoms with Crippen molar-refractivity contribution in [1.29, 1.82) is 0 Å². The first-order valence-electron chi connectivity index (χ1n) is 8.41. The van der Waals surface area contributed by atoms with Crippen LogP contribution >= 0.6 is 0 Å². The molecule has 2 N–H and O–H groups in total. The van der Waals surface area contributed by atoms with Crippen molar-refractivity contribution in [1.82, 2.24) is 0 Å². The Hall–Kier alpha value is -2.87. The summed E-state index contributed by atoms with van der Waals surface area (Å²) in [6.45, 7) is -0.190. The summed E-state index contributed by atoms with van der Waals surface area (Å²) in [5.74, 6) is 0.306. The van der Waals surface area contributed by atoms with Crippen LogP contribution in [-0.2, 0) is 20.7 Å². The normalized spacial score (nSPS) is 24.2. The first-order chi connectivity index (χ1) is 12.9. The van der Waals surface area contributed by atoms with Crippen LogP contribution in [0.15, 0.2) is 35.3 Å². The van der Waals surface area contributed by atoms with E-state index in [-0.39, 0.29) is 37.2 Å². The van der Waals surface area contributed by atoms with Crippen LogP contribution in [0.4, 0.5) is 8.78 Å². The monoisotopic (exact) mass is 374 g/mol. The van der Waals surface area contributed by atoms with Gasteiger partial charge in [0.1, 0.15) is 18.1 Å². The minimum Gasteiger partial charge on any atom is -0.497 e. The number of alkyl halides is 1.